The summed E-state index contributed by atoms with van der Waals surface area (Å²) < 4.78 is 5.22. The first-order valence-corrected chi connectivity index (χ1v) is 6.06. The molecule has 3 nitrogen and oxygen atoms in total. The fourth-order valence-electron chi connectivity index (χ4n) is 2.09. The number of nitrogens with zero attached hydrogens (tertiary/aromatic N) is 1. The van der Waals surface area contributed by atoms with Gasteiger partial charge in [-0.15, -0.1) is 0 Å². The third-order valence-electron chi connectivity index (χ3n) is 3.13. The van der Waals surface area contributed by atoms with Gasteiger partial charge in [-0.05, 0) is 41.1 Å². The lowest BCUT2D eigenvalue weighted by Crippen LogP contribution is -1.88. The Labute approximate surface area is 111 Å². The van der Waals surface area contributed by atoms with Crippen LogP contribution in [0.15, 0.2) is 54.7 Å². The Bertz CT molecular complexity index is 720. The van der Waals surface area contributed by atoms with Crippen molar-refractivity contribution in [3.8, 4) is 17.0 Å². The second-order valence-corrected chi connectivity index (χ2v) is 4.40. The lowest BCUT2D eigenvalue weighted by Gasteiger charge is -2.05. The van der Waals surface area contributed by atoms with Crippen LogP contribution in [0, 0.1) is 0 Å². The van der Waals surface area contributed by atoms with E-state index in [0.717, 1.165) is 27.8 Å². The molecule has 19 heavy (non-hydrogen) atoms. The van der Waals surface area contributed by atoms with E-state index in [0.29, 0.717) is 5.69 Å². The average molecular weight is 250 g/mol. The van der Waals surface area contributed by atoms with E-state index in [9.17, 15) is 0 Å². The standard InChI is InChI=1S/C16H14N2O/c1-19-15-6-4-11-8-13(3-2-12(11)9-15)16-7-5-14(17)10-18-16/h2-10H,17H2,1H3. The topological polar surface area (TPSA) is 48.1 Å². The highest BCUT2D eigenvalue weighted by Gasteiger charge is 2.02. The molecule has 3 heteroatoms. The summed E-state index contributed by atoms with van der Waals surface area (Å²) >= 11 is 0. The summed E-state index contributed by atoms with van der Waals surface area (Å²) in [6.45, 7) is 0. The van der Waals surface area contributed by atoms with Gasteiger partial charge in [-0.2, -0.15) is 0 Å². The van der Waals surface area contributed by atoms with Crippen LogP contribution in [0.1, 0.15) is 0 Å². The summed E-state index contributed by atoms with van der Waals surface area (Å²) in [6.07, 6.45) is 1.67. The molecular formula is C16H14N2O. The number of anilines is 1. The number of pyridine rings is 1. The van der Waals surface area contributed by atoms with Crippen LogP contribution in [0.5, 0.6) is 5.75 Å². The van der Waals surface area contributed by atoms with E-state index >= 15 is 0 Å². The Morgan fingerprint density at radius 2 is 1.74 bits per heavy atom. The number of fused-ring (bicyclic) bond motifs is 1. The molecule has 3 rings (SSSR count). The van der Waals surface area contributed by atoms with Gasteiger partial charge in [0.25, 0.3) is 0 Å². The van der Waals surface area contributed by atoms with E-state index in [1.807, 2.05) is 24.3 Å². The first-order chi connectivity index (χ1) is 9.26. The summed E-state index contributed by atoms with van der Waals surface area (Å²) in [6, 6.07) is 16.1. The Morgan fingerprint density at radius 3 is 2.47 bits per heavy atom. The van der Waals surface area contributed by atoms with E-state index in [1.165, 1.54) is 0 Å². The number of aromatic nitrogens is 1. The molecule has 94 valence electrons. The third-order valence-corrected chi connectivity index (χ3v) is 3.13. The smallest absolute Gasteiger partial charge is 0.119 e. The van der Waals surface area contributed by atoms with Crippen molar-refractivity contribution in [2.45, 2.75) is 0 Å². The van der Waals surface area contributed by atoms with Crippen molar-refractivity contribution in [1.82, 2.24) is 4.98 Å². The lowest BCUT2D eigenvalue weighted by atomic mass is 10.0. The van der Waals surface area contributed by atoms with Crippen molar-refractivity contribution in [3.05, 3.63) is 54.7 Å². The summed E-state index contributed by atoms with van der Waals surface area (Å²) in [4.78, 5) is 4.34. The van der Waals surface area contributed by atoms with Crippen molar-refractivity contribution in [2.75, 3.05) is 12.8 Å². The largest absolute Gasteiger partial charge is 0.497 e. The number of hydrogen-bond donors (Lipinski definition) is 1. The van der Waals surface area contributed by atoms with Gasteiger partial charge in [0.05, 0.1) is 24.7 Å². The zero-order valence-electron chi connectivity index (χ0n) is 10.6. The SMILES string of the molecule is COc1ccc2cc(-c3ccc(N)cn3)ccc2c1. The first kappa shape index (κ1) is 11.5. The minimum atomic E-state index is 0.675. The molecule has 1 heterocycles. The molecule has 0 aliphatic rings. The third kappa shape index (κ3) is 2.22. The molecule has 0 fully saturated rings. The van der Waals surface area contributed by atoms with Gasteiger partial charge in [0.2, 0.25) is 0 Å². The summed E-state index contributed by atoms with van der Waals surface area (Å²) in [5.74, 6) is 0.867. The molecule has 3 aromatic rings. The monoisotopic (exact) mass is 250 g/mol. The Morgan fingerprint density at radius 1 is 0.947 bits per heavy atom. The molecule has 0 radical (unpaired) electrons. The van der Waals surface area contributed by atoms with Crippen molar-refractivity contribution in [2.24, 2.45) is 0 Å². The summed E-state index contributed by atoms with van der Waals surface area (Å²) in [5.41, 5.74) is 8.33. The second-order valence-electron chi connectivity index (χ2n) is 4.40. The fraction of sp³-hybridized carbons (Fsp3) is 0.0625. The molecule has 0 unspecified atom stereocenters. The van der Waals surface area contributed by atoms with Crippen molar-refractivity contribution in [3.63, 3.8) is 0 Å². The predicted molar refractivity (Wildman–Crippen MR) is 78.1 cm³/mol. The normalized spacial score (nSPS) is 10.6. The van der Waals surface area contributed by atoms with Crippen molar-refractivity contribution in [1.29, 1.82) is 0 Å². The fourth-order valence-corrected chi connectivity index (χ4v) is 2.09. The Kier molecular flexibility index (Phi) is 2.80. The Balaban J connectivity index is 2.08. The van der Waals surface area contributed by atoms with E-state index in [1.54, 1.807) is 13.3 Å². The lowest BCUT2D eigenvalue weighted by molar-refractivity contribution is 0.415. The van der Waals surface area contributed by atoms with Crippen LogP contribution in [0.2, 0.25) is 0 Å². The van der Waals surface area contributed by atoms with Gasteiger partial charge in [0, 0.05) is 5.56 Å². The van der Waals surface area contributed by atoms with Gasteiger partial charge < -0.3 is 10.5 Å². The van der Waals surface area contributed by atoms with Crippen molar-refractivity contribution >= 4 is 16.5 Å². The van der Waals surface area contributed by atoms with E-state index in [-0.39, 0.29) is 0 Å². The van der Waals surface area contributed by atoms with Gasteiger partial charge in [-0.1, -0.05) is 18.2 Å². The molecular weight excluding hydrogens is 236 g/mol. The highest BCUT2D eigenvalue weighted by Crippen LogP contribution is 2.26. The van der Waals surface area contributed by atoms with Crippen LogP contribution in [0.3, 0.4) is 0 Å². The molecule has 0 aliphatic carbocycles. The molecule has 0 spiro atoms. The van der Waals surface area contributed by atoms with Crippen LogP contribution < -0.4 is 10.5 Å². The molecule has 2 aromatic carbocycles. The van der Waals surface area contributed by atoms with E-state index in [4.69, 9.17) is 10.5 Å². The van der Waals surface area contributed by atoms with Crippen LogP contribution in [-0.4, -0.2) is 12.1 Å². The van der Waals surface area contributed by atoms with Crippen molar-refractivity contribution < 1.29 is 4.74 Å². The quantitative estimate of drug-likeness (QED) is 0.757. The molecule has 0 saturated heterocycles. The van der Waals surface area contributed by atoms with Crippen LogP contribution >= 0.6 is 0 Å². The maximum Gasteiger partial charge on any atom is 0.119 e. The second kappa shape index (κ2) is 4.61. The minimum Gasteiger partial charge on any atom is -0.497 e. The molecule has 1 aromatic heterocycles. The number of nitrogen functional groups attached to an aromatic ring is 1. The van der Waals surface area contributed by atoms with Gasteiger partial charge in [-0.25, -0.2) is 0 Å². The minimum absolute atomic E-state index is 0.675. The zero-order chi connectivity index (χ0) is 13.2. The average Bonchev–Trinajstić information content (AvgIpc) is 2.47. The maximum absolute atomic E-state index is 5.65. The summed E-state index contributed by atoms with van der Waals surface area (Å²) in [7, 11) is 1.67. The number of rotatable bonds is 2. The molecule has 0 saturated carbocycles. The van der Waals surface area contributed by atoms with Crippen LogP contribution in [-0.2, 0) is 0 Å². The highest BCUT2D eigenvalue weighted by molar-refractivity contribution is 5.88. The van der Waals surface area contributed by atoms with Gasteiger partial charge in [0.15, 0.2) is 0 Å². The Hall–Kier alpha value is -2.55. The number of ether oxygens (including phenoxy) is 1. The zero-order valence-corrected chi connectivity index (χ0v) is 10.6. The first-order valence-electron chi connectivity index (χ1n) is 6.06. The number of methoxy groups -OCH3 is 1. The molecule has 0 aliphatic heterocycles. The molecule has 2 N–H and O–H groups in total. The maximum atomic E-state index is 5.65. The summed E-state index contributed by atoms with van der Waals surface area (Å²) in [5, 5.41) is 2.32. The number of hydrogen-bond acceptors (Lipinski definition) is 3. The molecule has 0 atom stereocenters. The molecule has 0 bridgehead atoms. The van der Waals surface area contributed by atoms with Gasteiger partial charge in [0.1, 0.15) is 5.75 Å². The van der Waals surface area contributed by atoms with Crippen LogP contribution in [0.25, 0.3) is 22.0 Å². The van der Waals surface area contributed by atoms with E-state index < -0.39 is 0 Å². The number of benzene rings is 2. The van der Waals surface area contributed by atoms with Crippen LogP contribution in [0.4, 0.5) is 5.69 Å². The predicted octanol–water partition coefficient (Wildman–Crippen LogP) is 3.49. The van der Waals surface area contributed by atoms with Gasteiger partial charge in [-0.3, -0.25) is 4.98 Å². The van der Waals surface area contributed by atoms with Gasteiger partial charge >= 0.3 is 0 Å². The molecule has 0 amide bonds. The number of nitrogens with two attached hydrogens (primary N) is 1. The highest BCUT2D eigenvalue weighted by atomic mass is 16.5. The van der Waals surface area contributed by atoms with E-state index in [2.05, 4.69) is 29.2 Å².